The fourth-order valence-corrected chi connectivity index (χ4v) is 3.07. The number of rotatable bonds is 6. The molecule has 5 nitrogen and oxygen atoms in total. The average molecular weight is 285 g/mol. The van der Waals surface area contributed by atoms with Crippen molar-refractivity contribution in [2.24, 2.45) is 0 Å². The number of esters is 1. The standard InChI is InChI=1S/C15H31N3O2/c1-12(2)16-15(3,14(19)20-6)11-18-9-7-8-13(10-18)17(4)5/h12-13,16H,7-11H2,1-6H3. The summed E-state index contributed by atoms with van der Waals surface area (Å²) in [7, 11) is 5.71. The van der Waals surface area contributed by atoms with E-state index in [1.807, 2.05) is 6.92 Å². The van der Waals surface area contributed by atoms with Crippen molar-refractivity contribution < 1.29 is 9.53 Å². The zero-order valence-corrected chi connectivity index (χ0v) is 13.9. The molecule has 0 bridgehead atoms. The molecule has 1 N–H and O–H groups in total. The van der Waals surface area contributed by atoms with Crippen molar-refractivity contribution in [3.05, 3.63) is 0 Å². The minimum atomic E-state index is -0.642. The van der Waals surface area contributed by atoms with Crippen LogP contribution in [0.1, 0.15) is 33.6 Å². The fourth-order valence-electron chi connectivity index (χ4n) is 3.07. The van der Waals surface area contributed by atoms with Crippen molar-refractivity contribution in [2.75, 3.05) is 40.8 Å². The van der Waals surface area contributed by atoms with Crippen LogP contribution in [-0.2, 0) is 9.53 Å². The Balaban J connectivity index is 2.71. The van der Waals surface area contributed by atoms with Crippen LogP contribution in [0.3, 0.4) is 0 Å². The number of ether oxygens (including phenoxy) is 1. The van der Waals surface area contributed by atoms with Crippen molar-refractivity contribution in [3.8, 4) is 0 Å². The number of carbonyl (C=O) groups is 1. The number of likely N-dealkylation sites (N-methyl/N-ethyl adjacent to an activating group) is 1. The first kappa shape index (κ1) is 17.4. The van der Waals surface area contributed by atoms with E-state index in [0.29, 0.717) is 12.6 Å². The molecule has 118 valence electrons. The fraction of sp³-hybridized carbons (Fsp3) is 0.933. The van der Waals surface area contributed by atoms with Gasteiger partial charge in [-0.2, -0.15) is 0 Å². The predicted octanol–water partition coefficient (Wildman–Crippen LogP) is 0.942. The zero-order chi connectivity index (χ0) is 15.3. The molecule has 5 heteroatoms. The Bertz CT molecular complexity index is 320. The van der Waals surface area contributed by atoms with Crippen molar-refractivity contribution >= 4 is 5.97 Å². The van der Waals surface area contributed by atoms with Crippen LogP contribution in [0.15, 0.2) is 0 Å². The molecule has 0 spiro atoms. The summed E-state index contributed by atoms with van der Waals surface area (Å²) in [5, 5.41) is 3.37. The van der Waals surface area contributed by atoms with E-state index in [2.05, 4.69) is 43.1 Å². The van der Waals surface area contributed by atoms with Crippen LogP contribution in [-0.4, -0.2) is 74.2 Å². The second kappa shape index (κ2) is 7.38. The summed E-state index contributed by atoms with van der Waals surface area (Å²) in [6, 6.07) is 0.818. The summed E-state index contributed by atoms with van der Waals surface area (Å²) in [5.41, 5.74) is -0.642. The van der Waals surface area contributed by atoms with Crippen LogP contribution in [0.5, 0.6) is 0 Å². The minimum absolute atomic E-state index is 0.182. The first-order valence-electron chi connectivity index (χ1n) is 7.53. The van der Waals surface area contributed by atoms with Gasteiger partial charge in [0.1, 0.15) is 5.54 Å². The van der Waals surface area contributed by atoms with Gasteiger partial charge in [0.15, 0.2) is 0 Å². The SMILES string of the molecule is COC(=O)C(C)(CN1CCCC(N(C)C)C1)NC(C)C. The molecule has 0 amide bonds. The number of likely N-dealkylation sites (tertiary alicyclic amines) is 1. The molecule has 2 atom stereocenters. The van der Waals surface area contributed by atoms with Gasteiger partial charge in [-0.05, 0) is 54.3 Å². The topological polar surface area (TPSA) is 44.8 Å². The molecule has 0 aromatic heterocycles. The van der Waals surface area contributed by atoms with Crippen molar-refractivity contribution in [2.45, 2.75) is 51.2 Å². The highest BCUT2D eigenvalue weighted by Gasteiger charge is 2.37. The lowest BCUT2D eigenvalue weighted by Crippen LogP contribution is -2.61. The third-order valence-corrected chi connectivity index (χ3v) is 3.99. The Morgan fingerprint density at radius 1 is 1.50 bits per heavy atom. The minimum Gasteiger partial charge on any atom is -0.468 e. The number of hydrogen-bond acceptors (Lipinski definition) is 5. The maximum absolute atomic E-state index is 12.1. The molecule has 0 radical (unpaired) electrons. The van der Waals surface area contributed by atoms with E-state index >= 15 is 0 Å². The maximum atomic E-state index is 12.1. The number of methoxy groups -OCH3 is 1. The van der Waals surface area contributed by atoms with E-state index in [1.54, 1.807) is 0 Å². The van der Waals surface area contributed by atoms with Gasteiger partial charge >= 0.3 is 5.97 Å². The molecule has 0 aromatic carbocycles. The Labute approximate surface area is 123 Å². The Morgan fingerprint density at radius 3 is 2.65 bits per heavy atom. The van der Waals surface area contributed by atoms with Gasteiger partial charge in [0.2, 0.25) is 0 Å². The summed E-state index contributed by atoms with van der Waals surface area (Å²) < 4.78 is 4.99. The summed E-state index contributed by atoms with van der Waals surface area (Å²) in [6.07, 6.45) is 2.41. The first-order chi connectivity index (χ1) is 9.28. The summed E-state index contributed by atoms with van der Waals surface area (Å²) >= 11 is 0. The maximum Gasteiger partial charge on any atom is 0.327 e. The van der Waals surface area contributed by atoms with E-state index in [4.69, 9.17) is 4.74 Å². The van der Waals surface area contributed by atoms with Gasteiger partial charge in [0.05, 0.1) is 7.11 Å². The Morgan fingerprint density at radius 2 is 2.15 bits per heavy atom. The lowest BCUT2D eigenvalue weighted by atomic mass is 9.97. The zero-order valence-electron chi connectivity index (χ0n) is 13.9. The quantitative estimate of drug-likeness (QED) is 0.736. The van der Waals surface area contributed by atoms with Crippen molar-refractivity contribution in [1.29, 1.82) is 0 Å². The van der Waals surface area contributed by atoms with E-state index in [9.17, 15) is 4.79 Å². The van der Waals surface area contributed by atoms with Crippen LogP contribution in [0, 0.1) is 0 Å². The van der Waals surface area contributed by atoms with E-state index in [-0.39, 0.29) is 12.0 Å². The van der Waals surface area contributed by atoms with Gasteiger partial charge in [0.25, 0.3) is 0 Å². The summed E-state index contributed by atoms with van der Waals surface area (Å²) in [4.78, 5) is 16.8. The van der Waals surface area contributed by atoms with Gasteiger partial charge < -0.3 is 9.64 Å². The largest absolute Gasteiger partial charge is 0.468 e. The normalized spacial score (nSPS) is 23.9. The van der Waals surface area contributed by atoms with Gasteiger partial charge in [-0.1, -0.05) is 0 Å². The van der Waals surface area contributed by atoms with Gasteiger partial charge in [-0.15, -0.1) is 0 Å². The molecule has 1 aliphatic heterocycles. The number of nitrogens with one attached hydrogen (secondary N) is 1. The molecule has 1 heterocycles. The lowest BCUT2D eigenvalue weighted by Gasteiger charge is -2.41. The molecular weight excluding hydrogens is 254 g/mol. The van der Waals surface area contributed by atoms with Gasteiger partial charge in [-0.25, -0.2) is 0 Å². The second-order valence-electron chi connectivity index (χ2n) is 6.62. The van der Waals surface area contributed by atoms with Crippen LogP contribution in [0.4, 0.5) is 0 Å². The highest BCUT2D eigenvalue weighted by atomic mass is 16.5. The van der Waals surface area contributed by atoms with Crippen LogP contribution in [0.25, 0.3) is 0 Å². The van der Waals surface area contributed by atoms with Gasteiger partial charge in [-0.3, -0.25) is 15.0 Å². The lowest BCUT2D eigenvalue weighted by molar-refractivity contribution is -0.149. The highest BCUT2D eigenvalue weighted by molar-refractivity contribution is 5.80. The molecule has 2 unspecified atom stereocenters. The molecule has 1 saturated heterocycles. The molecular formula is C15H31N3O2. The first-order valence-corrected chi connectivity index (χ1v) is 7.53. The second-order valence-corrected chi connectivity index (χ2v) is 6.62. The number of nitrogens with zero attached hydrogens (tertiary/aromatic N) is 2. The number of piperidine rings is 1. The monoisotopic (exact) mass is 285 g/mol. The molecule has 0 saturated carbocycles. The van der Waals surface area contributed by atoms with Crippen LogP contribution >= 0.6 is 0 Å². The van der Waals surface area contributed by atoms with E-state index < -0.39 is 5.54 Å². The van der Waals surface area contributed by atoms with Crippen LogP contribution < -0.4 is 5.32 Å². The summed E-state index contributed by atoms with van der Waals surface area (Å²) in [6.45, 7) is 8.82. The van der Waals surface area contributed by atoms with Crippen molar-refractivity contribution in [1.82, 2.24) is 15.1 Å². The molecule has 0 aromatic rings. The Hall–Kier alpha value is -0.650. The summed E-state index contributed by atoms with van der Waals surface area (Å²) in [5.74, 6) is -0.182. The van der Waals surface area contributed by atoms with E-state index in [0.717, 1.165) is 13.1 Å². The van der Waals surface area contributed by atoms with Crippen LogP contribution in [0.2, 0.25) is 0 Å². The average Bonchev–Trinajstić information content (AvgIpc) is 2.36. The third kappa shape index (κ3) is 4.72. The molecule has 1 aliphatic rings. The molecule has 1 fully saturated rings. The smallest absolute Gasteiger partial charge is 0.327 e. The number of hydrogen-bond donors (Lipinski definition) is 1. The third-order valence-electron chi connectivity index (χ3n) is 3.99. The predicted molar refractivity (Wildman–Crippen MR) is 81.8 cm³/mol. The van der Waals surface area contributed by atoms with Gasteiger partial charge in [0, 0.05) is 25.2 Å². The molecule has 1 rings (SSSR count). The Kier molecular flexibility index (Phi) is 6.43. The molecule has 20 heavy (non-hydrogen) atoms. The molecule has 0 aliphatic carbocycles. The van der Waals surface area contributed by atoms with Crippen molar-refractivity contribution in [3.63, 3.8) is 0 Å². The highest BCUT2D eigenvalue weighted by Crippen LogP contribution is 2.18. The number of carbonyl (C=O) groups excluding carboxylic acids is 1. The van der Waals surface area contributed by atoms with E-state index in [1.165, 1.54) is 20.0 Å².